The molecule has 5 heteroatoms. The summed E-state index contributed by atoms with van der Waals surface area (Å²) in [6, 6.07) is 2.42. The topological polar surface area (TPSA) is 24.9 Å². The lowest BCUT2D eigenvalue weighted by Crippen LogP contribution is -2.34. The van der Waals surface area contributed by atoms with E-state index in [-0.39, 0.29) is 17.7 Å². The maximum Gasteiger partial charge on any atom is 0.418 e. The Balaban J connectivity index is 3.05. The molecule has 108 valence electrons. The van der Waals surface area contributed by atoms with Crippen LogP contribution >= 0.6 is 0 Å². The molecule has 2 unspecified atom stereocenters. The highest BCUT2D eigenvalue weighted by Gasteiger charge is 2.36. The fourth-order valence-corrected chi connectivity index (χ4v) is 2.25. The van der Waals surface area contributed by atoms with E-state index in [1.54, 1.807) is 0 Å². The summed E-state index contributed by atoms with van der Waals surface area (Å²) in [4.78, 5) is 3.99. The van der Waals surface area contributed by atoms with Crippen LogP contribution in [0.3, 0.4) is 0 Å². The van der Waals surface area contributed by atoms with Gasteiger partial charge in [0.05, 0.1) is 11.3 Å². The molecule has 0 saturated heterocycles. The van der Waals surface area contributed by atoms with Gasteiger partial charge >= 0.3 is 6.18 Å². The molecule has 1 aromatic rings. The summed E-state index contributed by atoms with van der Waals surface area (Å²) in [5.41, 5.74) is -0.472. The second-order valence-electron chi connectivity index (χ2n) is 4.69. The number of pyridine rings is 1. The van der Waals surface area contributed by atoms with Gasteiger partial charge in [0.2, 0.25) is 0 Å². The van der Waals surface area contributed by atoms with Crippen LogP contribution in [0.15, 0.2) is 18.3 Å². The monoisotopic (exact) mass is 274 g/mol. The van der Waals surface area contributed by atoms with Crippen molar-refractivity contribution in [1.29, 1.82) is 0 Å². The third kappa shape index (κ3) is 4.20. The Hall–Kier alpha value is -1.10. The average Bonchev–Trinajstić information content (AvgIpc) is 2.36. The van der Waals surface area contributed by atoms with Crippen LogP contribution in [-0.4, -0.2) is 17.6 Å². The van der Waals surface area contributed by atoms with Crippen molar-refractivity contribution < 1.29 is 13.2 Å². The van der Waals surface area contributed by atoms with Crippen LogP contribution in [0.1, 0.15) is 50.8 Å². The molecule has 0 saturated carbocycles. The molecule has 0 spiro atoms. The molecule has 2 atom stereocenters. The molecular weight excluding hydrogens is 253 g/mol. The number of alkyl halides is 3. The third-order valence-corrected chi connectivity index (χ3v) is 3.25. The van der Waals surface area contributed by atoms with E-state index in [1.807, 2.05) is 20.8 Å². The largest absolute Gasteiger partial charge is 0.418 e. The van der Waals surface area contributed by atoms with Crippen molar-refractivity contribution in [3.8, 4) is 0 Å². The van der Waals surface area contributed by atoms with E-state index in [1.165, 1.54) is 12.3 Å². The van der Waals surface area contributed by atoms with Crippen LogP contribution in [0, 0.1) is 0 Å². The van der Waals surface area contributed by atoms with Crippen molar-refractivity contribution >= 4 is 0 Å². The SMILES string of the molecule is CCCNC(C)C(CC)c1ncccc1C(F)(F)F. The van der Waals surface area contributed by atoms with Gasteiger partial charge in [0, 0.05) is 18.2 Å². The third-order valence-electron chi connectivity index (χ3n) is 3.25. The van der Waals surface area contributed by atoms with Crippen molar-refractivity contribution in [1.82, 2.24) is 10.3 Å². The fourth-order valence-electron chi connectivity index (χ4n) is 2.25. The predicted octanol–water partition coefficient (Wildman–Crippen LogP) is 3.98. The minimum atomic E-state index is -4.35. The van der Waals surface area contributed by atoms with Gasteiger partial charge in [-0.05, 0) is 38.4 Å². The lowest BCUT2D eigenvalue weighted by atomic mass is 9.90. The lowest BCUT2D eigenvalue weighted by Gasteiger charge is -2.25. The minimum Gasteiger partial charge on any atom is -0.314 e. The summed E-state index contributed by atoms with van der Waals surface area (Å²) in [5.74, 6) is -0.232. The van der Waals surface area contributed by atoms with Gasteiger partial charge in [-0.15, -0.1) is 0 Å². The number of aromatic nitrogens is 1. The van der Waals surface area contributed by atoms with Crippen molar-refractivity contribution in [2.24, 2.45) is 0 Å². The Kier molecular flexibility index (Phi) is 5.79. The summed E-state index contributed by atoms with van der Waals surface area (Å²) in [7, 11) is 0. The summed E-state index contributed by atoms with van der Waals surface area (Å²) >= 11 is 0. The van der Waals surface area contributed by atoms with Gasteiger partial charge in [0.1, 0.15) is 0 Å². The number of nitrogens with zero attached hydrogens (tertiary/aromatic N) is 1. The molecule has 0 bridgehead atoms. The zero-order valence-electron chi connectivity index (χ0n) is 11.6. The molecule has 0 aliphatic carbocycles. The van der Waals surface area contributed by atoms with Crippen LogP contribution in [0.5, 0.6) is 0 Å². The Labute approximate surface area is 112 Å². The van der Waals surface area contributed by atoms with E-state index in [2.05, 4.69) is 10.3 Å². The normalized spacial score (nSPS) is 15.3. The first-order valence-electron chi connectivity index (χ1n) is 6.67. The van der Waals surface area contributed by atoms with E-state index in [0.29, 0.717) is 6.42 Å². The average molecular weight is 274 g/mol. The highest BCUT2D eigenvalue weighted by molar-refractivity contribution is 5.27. The second kappa shape index (κ2) is 6.89. The van der Waals surface area contributed by atoms with E-state index in [4.69, 9.17) is 0 Å². The molecule has 0 amide bonds. The molecule has 1 N–H and O–H groups in total. The molecular formula is C14H21F3N2. The van der Waals surface area contributed by atoms with Crippen molar-refractivity contribution in [3.05, 3.63) is 29.6 Å². The van der Waals surface area contributed by atoms with Crippen molar-refractivity contribution in [2.45, 2.75) is 51.7 Å². The summed E-state index contributed by atoms with van der Waals surface area (Å²) < 4.78 is 39.0. The molecule has 1 aromatic heterocycles. The molecule has 2 nitrogen and oxygen atoms in total. The van der Waals surface area contributed by atoms with Crippen LogP contribution in [0.4, 0.5) is 13.2 Å². The lowest BCUT2D eigenvalue weighted by molar-refractivity contribution is -0.138. The maximum absolute atomic E-state index is 13.0. The second-order valence-corrected chi connectivity index (χ2v) is 4.69. The quantitative estimate of drug-likeness (QED) is 0.848. The van der Waals surface area contributed by atoms with Gasteiger partial charge in [0.15, 0.2) is 0 Å². The van der Waals surface area contributed by atoms with E-state index in [0.717, 1.165) is 19.0 Å². The minimum absolute atomic E-state index is 0.0269. The van der Waals surface area contributed by atoms with Crippen LogP contribution in [-0.2, 0) is 6.18 Å². The van der Waals surface area contributed by atoms with Crippen molar-refractivity contribution in [3.63, 3.8) is 0 Å². The fraction of sp³-hybridized carbons (Fsp3) is 0.643. The van der Waals surface area contributed by atoms with Gasteiger partial charge < -0.3 is 5.32 Å². The number of halogens is 3. The predicted molar refractivity (Wildman–Crippen MR) is 70.0 cm³/mol. The first-order valence-corrected chi connectivity index (χ1v) is 6.67. The van der Waals surface area contributed by atoms with Crippen LogP contribution < -0.4 is 5.32 Å². The number of nitrogens with one attached hydrogen (secondary N) is 1. The first kappa shape index (κ1) is 16.0. The van der Waals surface area contributed by atoms with Crippen LogP contribution in [0.2, 0.25) is 0 Å². The Morgan fingerprint density at radius 2 is 2.00 bits per heavy atom. The van der Waals surface area contributed by atoms with E-state index < -0.39 is 11.7 Å². The molecule has 0 radical (unpaired) electrons. The van der Waals surface area contributed by atoms with Crippen molar-refractivity contribution in [2.75, 3.05) is 6.54 Å². The molecule has 1 rings (SSSR count). The Morgan fingerprint density at radius 1 is 1.32 bits per heavy atom. The Bertz CT molecular complexity index is 391. The number of rotatable bonds is 6. The molecule has 0 aromatic carbocycles. The highest BCUT2D eigenvalue weighted by atomic mass is 19.4. The zero-order chi connectivity index (χ0) is 14.5. The maximum atomic E-state index is 13.0. The van der Waals surface area contributed by atoms with E-state index in [9.17, 15) is 13.2 Å². The number of hydrogen-bond acceptors (Lipinski definition) is 2. The first-order chi connectivity index (χ1) is 8.91. The van der Waals surface area contributed by atoms with Gasteiger partial charge in [-0.3, -0.25) is 4.98 Å². The Morgan fingerprint density at radius 3 is 2.53 bits per heavy atom. The summed E-state index contributed by atoms with van der Waals surface area (Å²) in [6.45, 7) is 6.64. The number of hydrogen-bond donors (Lipinski definition) is 1. The summed E-state index contributed by atoms with van der Waals surface area (Å²) in [6.07, 6.45) is -1.34. The molecule has 0 aliphatic rings. The molecule has 0 fully saturated rings. The smallest absolute Gasteiger partial charge is 0.314 e. The summed E-state index contributed by atoms with van der Waals surface area (Å²) in [5, 5.41) is 3.25. The zero-order valence-corrected chi connectivity index (χ0v) is 11.6. The van der Waals surface area contributed by atoms with Gasteiger partial charge in [-0.1, -0.05) is 13.8 Å². The molecule has 0 aliphatic heterocycles. The molecule has 1 heterocycles. The highest BCUT2D eigenvalue weighted by Crippen LogP contribution is 2.36. The van der Waals surface area contributed by atoms with Crippen LogP contribution in [0.25, 0.3) is 0 Å². The van der Waals surface area contributed by atoms with E-state index >= 15 is 0 Å². The standard InChI is InChI=1S/C14H21F3N2/c1-4-8-18-10(3)11(5-2)13-12(14(15,16)17)7-6-9-19-13/h6-7,9-11,18H,4-5,8H2,1-3H3. The van der Waals surface area contributed by atoms with Gasteiger partial charge in [0.25, 0.3) is 0 Å². The van der Waals surface area contributed by atoms with Gasteiger partial charge in [-0.2, -0.15) is 13.2 Å². The molecule has 19 heavy (non-hydrogen) atoms. The van der Waals surface area contributed by atoms with Gasteiger partial charge in [-0.25, -0.2) is 0 Å².